The maximum Gasteiger partial charge on any atom is 0.257 e. The van der Waals surface area contributed by atoms with E-state index in [4.69, 9.17) is 4.42 Å². The lowest BCUT2D eigenvalue weighted by Gasteiger charge is -2.00. The smallest absolute Gasteiger partial charge is 0.257 e. The van der Waals surface area contributed by atoms with Gasteiger partial charge in [-0.25, -0.2) is 0 Å². The van der Waals surface area contributed by atoms with Crippen LogP contribution in [0.4, 0.5) is 5.13 Å². The molecule has 0 atom stereocenters. The number of anilines is 1. The number of nitrogens with one attached hydrogen (secondary N) is 1. The van der Waals surface area contributed by atoms with Gasteiger partial charge in [-0.3, -0.25) is 14.9 Å². The summed E-state index contributed by atoms with van der Waals surface area (Å²) >= 11 is 1.12. The molecule has 4 rings (SSSR count). The fourth-order valence-corrected chi connectivity index (χ4v) is 3.11. The molecule has 4 aromatic rings. The number of fused-ring (bicyclic) bond motifs is 1. The van der Waals surface area contributed by atoms with Crippen LogP contribution in [0.15, 0.2) is 70.1 Å². The number of amides is 1. The van der Waals surface area contributed by atoms with Crippen molar-refractivity contribution in [2.24, 2.45) is 0 Å². The summed E-state index contributed by atoms with van der Waals surface area (Å²) in [6, 6.07) is 15.8. The molecule has 0 spiro atoms. The SMILES string of the molecule is O=C(Nc1nnc(-c2coc3ccccc3c2=O)s1)c1ccccc1. The van der Waals surface area contributed by atoms with Gasteiger partial charge < -0.3 is 4.42 Å². The van der Waals surface area contributed by atoms with E-state index < -0.39 is 0 Å². The van der Waals surface area contributed by atoms with Crippen LogP contribution in [-0.2, 0) is 0 Å². The highest BCUT2D eigenvalue weighted by Crippen LogP contribution is 2.26. The summed E-state index contributed by atoms with van der Waals surface area (Å²) in [5.41, 5.74) is 1.16. The van der Waals surface area contributed by atoms with E-state index in [1.54, 1.807) is 48.5 Å². The number of benzene rings is 2. The van der Waals surface area contributed by atoms with Crippen molar-refractivity contribution in [1.29, 1.82) is 0 Å². The standard InChI is InChI=1S/C18H11N3O3S/c22-15-12-8-4-5-9-14(12)24-10-13(15)17-20-21-18(25-17)19-16(23)11-6-2-1-3-7-11/h1-10H,(H,19,21,23). The monoisotopic (exact) mass is 349 g/mol. The fraction of sp³-hybridized carbons (Fsp3) is 0. The van der Waals surface area contributed by atoms with Crippen LogP contribution in [0.1, 0.15) is 10.4 Å². The highest BCUT2D eigenvalue weighted by molar-refractivity contribution is 7.18. The van der Waals surface area contributed by atoms with Crippen LogP contribution in [0.5, 0.6) is 0 Å². The lowest BCUT2D eigenvalue weighted by molar-refractivity contribution is 0.102. The van der Waals surface area contributed by atoms with E-state index >= 15 is 0 Å². The summed E-state index contributed by atoms with van der Waals surface area (Å²) in [6.07, 6.45) is 1.37. The first-order chi connectivity index (χ1) is 12.2. The molecule has 0 saturated heterocycles. The van der Waals surface area contributed by atoms with Crippen molar-refractivity contribution in [3.8, 4) is 10.6 Å². The Morgan fingerprint density at radius 2 is 1.76 bits per heavy atom. The van der Waals surface area contributed by atoms with Crippen molar-refractivity contribution in [1.82, 2.24) is 10.2 Å². The van der Waals surface area contributed by atoms with Crippen molar-refractivity contribution in [2.75, 3.05) is 5.32 Å². The molecular weight excluding hydrogens is 338 g/mol. The molecule has 122 valence electrons. The molecule has 1 N–H and O–H groups in total. The van der Waals surface area contributed by atoms with Gasteiger partial charge in [0.15, 0.2) is 5.01 Å². The number of carbonyl (C=O) groups excluding carboxylic acids is 1. The number of hydrogen-bond acceptors (Lipinski definition) is 6. The third kappa shape index (κ3) is 2.92. The Morgan fingerprint density at radius 3 is 2.60 bits per heavy atom. The topological polar surface area (TPSA) is 85.1 Å². The second kappa shape index (κ2) is 6.29. The third-order valence-electron chi connectivity index (χ3n) is 3.59. The summed E-state index contributed by atoms with van der Waals surface area (Å²) in [4.78, 5) is 24.7. The molecule has 2 aromatic carbocycles. The summed E-state index contributed by atoms with van der Waals surface area (Å²) in [6.45, 7) is 0. The zero-order valence-corrected chi connectivity index (χ0v) is 13.6. The van der Waals surface area contributed by atoms with Crippen molar-refractivity contribution in [3.63, 3.8) is 0 Å². The van der Waals surface area contributed by atoms with E-state index in [-0.39, 0.29) is 11.3 Å². The molecule has 0 aliphatic carbocycles. The largest absolute Gasteiger partial charge is 0.463 e. The molecule has 25 heavy (non-hydrogen) atoms. The van der Waals surface area contributed by atoms with Gasteiger partial charge in [0.2, 0.25) is 10.6 Å². The Kier molecular flexibility index (Phi) is 3.83. The van der Waals surface area contributed by atoms with Gasteiger partial charge >= 0.3 is 0 Å². The molecule has 6 nitrogen and oxygen atoms in total. The van der Waals surface area contributed by atoms with Gasteiger partial charge in [-0.15, -0.1) is 10.2 Å². The van der Waals surface area contributed by atoms with Crippen molar-refractivity contribution in [2.45, 2.75) is 0 Å². The quantitative estimate of drug-likeness (QED) is 0.611. The molecule has 0 aliphatic heterocycles. The molecule has 1 amide bonds. The summed E-state index contributed by atoms with van der Waals surface area (Å²) < 4.78 is 5.49. The predicted molar refractivity (Wildman–Crippen MR) is 95.8 cm³/mol. The number of nitrogens with zero attached hydrogens (tertiary/aromatic N) is 2. The highest BCUT2D eigenvalue weighted by Gasteiger charge is 2.15. The summed E-state index contributed by atoms with van der Waals surface area (Å²) in [7, 11) is 0. The van der Waals surface area contributed by atoms with E-state index in [9.17, 15) is 9.59 Å². The van der Waals surface area contributed by atoms with E-state index in [1.165, 1.54) is 6.26 Å². The predicted octanol–water partition coefficient (Wildman–Crippen LogP) is 3.56. The van der Waals surface area contributed by atoms with Crippen LogP contribution in [0.25, 0.3) is 21.5 Å². The molecule has 0 aliphatic rings. The van der Waals surface area contributed by atoms with Crippen LogP contribution in [0, 0.1) is 0 Å². The average Bonchev–Trinajstić information content (AvgIpc) is 3.11. The van der Waals surface area contributed by atoms with Crippen LogP contribution < -0.4 is 10.7 Å². The first-order valence-electron chi connectivity index (χ1n) is 7.43. The van der Waals surface area contributed by atoms with Crippen molar-refractivity contribution in [3.05, 3.63) is 76.6 Å². The Labute approximate surface area is 145 Å². The van der Waals surface area contributed by atoms with Crippen molar-refractivity contribution >= 4 is 33.3 Å². The lowest BCUT2D eigenvalue weighted by Crippen LogP contribution is -2.11. The van der Waals surface area contributed by atoms with Crippen LogP contribution in [-0.4, -0.2) is 16.1 Å². The molecule has 7 heteroatoms. The van der Waals surface area contributed by atoms with Gasteiger partial charge in [0.25, 0.3) is 5.91 Å². The van der Waals surface area contributed by atoms with Gasteiger partial charge in [0.1, 0.15) is 11.8 Å². The Bertz CT molecular complexity index is 1120. The van der Waals surface area contributed by atoms with Crippen molar-refractivity contribution < 1.29 is 9.21 Å². The minimum absolute atomic E-state index is 0.182. The molecule has 0 bridgehead atoms. The normalized spacial score (nSPS) is 10.7. The maximum absolute atomic E-state index is 12.6. The van der Waals surface area contributed by atoms with Gasteiger partial charge in [0, 0.05) is 5.56 Å². The zero-order chi connectivity index (χ0) is 17.2. The van der Waals surface area contributed by atoms with Gasteiger partial charge in [-0.2, -0.15) is 0 Å². The lowest BCUT2D eigenvalue weighted by atomic mass is 10.2. The third-order valence-corrected chi connectivity index (χ3v) is 4.46. The Morgan fingerprint density at radius 1 is 1.00 bits per heavy atom. The minimum atomic E-state index is -0.283. The van der Waals surface area contributed by atoms with E-state index in [0.29, 0.717) is 32.2 Å². The molecule has 2 aromatic heterocycles. The van der Waals surface area contributed by atoms with Crippen LogP contribution in [0.3, 0.4) is 0 Å². The van der Waals surface area contributed by atoms with Gasteiger partial charge in [-0.1, -0.05) is 41.7 Å². The van der Waals surface area contributed by atoms with Crippen LogP contribution >= 0.6 is 11.3 Å². The molecule has 0 saturated carbocycles. The first kappa shape index (κ1) is 15.2. The van der Waals surface area contributed by atoms with E-state index in [0.717, 1.165) is 11.3 Å². The first-order valence-corrected chi connectivity index (χ1v) is 8.25. The second-order valence-electron chi connectivity index (χ2n) is 5.21. The summed E-state index contributed by atoms with van der Waals surface area (Å²) in [5, 5.41) is 11.8. The van der Waals surface area contributed by atoms with E-state index in [2.05, 4.69) is 15.5 Å². The number of rotatable bonds is 3. The highest BCUT2D eigenvalue weighted by atomic mass is 32.1. The molecule has 2 heterocycles. The fourth-order valence-electron chi connectivity index (χ4n) is 2.37. The number of carbonyl (C=O) groups is 1. The van der Waals surface area contributed by atoms with E-state index in [1.807, 2.05) is 6.07 Å². The number of aromatic nitrogens is 2. The molecule has 0 fully saturated rings. The molecular formula is C18H11N3O3S. The van der Waals surface area contributed by atoms with Gasteiger partial charge in [0.05, 0.1) is 10.9 Å². The van der Waals surface area contributed by atoms with Gasteiger partial charge in [-0.05, 0) is 24.3 Å². The molecule has 0 radical (unpaired) electrons. The Hall–Kier alpha value is -3.32. The Balaban J connectivity index is 1.65. The second-order valence-corrected chi connectivity index (χ2v) is 6.18. The average molecular weight is 349 g/mol. The molecule has 0 unspecified atom stereocenters. The number of para-hydroxylation sites is 1. The zero-order valence-electron chi connectivity index (χ0n) is 12.8. The number of hydrogen-bond donors (Lipinski definition) is 1. The minimum Gasteiger partial charge on any atom is -0.463 e. The maximum atomic E-state index is 12.6. The van der Waals surface area contributed by atoms with Crippen LogP contribution in [0.2, 0.25) is 0 Å². The summed E-state index contributed by atoms with van der Waals surface area (Å²) in [5.74, 6) is -0.283.